The third-order valence-corrected chi connectivity index (χ3v) is 3.12. The molecule has 0 aromatic carbocycles. The van der Waals surface area contributed by atoms with Crippen LogP contribution in [0.25, 0.3) is 0 Å². The lowest BCUT2D eigenvalue weighted by atomic mass is 10.1. The van der Waals surface area contributed by atoms with Crippen molar-refractivity contribution in [2.24, 2.45) is 0 Å². The van der Waals surface area contributed by atoms with Crippen LogP contribution in [0.15, 0.2) is 0 Å². The zero-order valence-corrected chi connectivity index (χ0v) is 8.05. The predicted molar refractivity (Wildman–Crippen MR) is 51.3 cm³/mol. The van der Waals surface area contributed by atoms with Crippen LogP contribution in [0.4, 0.5) is 0 Å². The number of hydrogen-bond donors (Lipinski definition) is 1. The van der Waals surface area contributed by atoms with Crippen molar-refractivity contribution in [2.45, 2.75) is 44.7 Å². The van der Waals surface area contributed by atoms with Crippen LogP contribution in [0.5, 0.6) is 0 Å². The Hall–Kier alpha value is -0.0800. The van der Waals surface area contributed by atoms with Gasteiger partial charge in [-0.1, -0.05) is 6.92 Å². The third kappa shape index (κ3) is 1.80. The summed E-state index contributed by atoms with van der Waals surface area (Å²) in [6.07, 6.45) is 5.68. The number of rotatable bonds is 3. The summed E-state index contributed by atoms with van der Waals surface area (Å²) in [6, 6.07) is 1.79. The zero-order valence-electron chi connectivity index (χ0n) is 8.05. The monoisotopic (exact) mass is 168 g/mol. The second-order valence-corrected chi connectivity index (χ2v) is 4.06. The van der Waals surface area contributed by atoms with Crippen LogP contribution in [0.2, 0.25) is 0 Å². The van der Waals surface area contributed by atoms with E-state index < -0.39 is 0 Å². The SMILES string of the molecule is CCN(C1CC1)C1CCCNC1. The van der Waals surface area contributed by atoms with E-state index in [4.69, 9.17) is 0 Å². The van der Waals surface area contributed by atoms with E-state index in [1.807, 2.05) is 0 Å². The molecular formula is C10H20N2. The second kappa shape index (κ2) is 3.75. The molecule has 1 aliphatic carbocycles. The molecule has 1 N–H and O–H groups in total. The Morgan fingerprint density at radius 3 is 2.58 bits per heavy atom. The summed E-state index contributed by atoms with van der Waals surface area (Å²) in [7, 11) is 0. The van der Waals surface area contributed by atoms with Crippen LogP contribution >= 0.6 is 0 Å². The minimum atomic E-state index is 0.844. The first kappa shape index (κ1) is 8.52. The van der Waals surface area contributed by atoms with Crippen LogP contribution in [0.3, 0.4) is 0 Å². The molecule has 1 aliphatic heterocycles. The molecule has 0 aromatic heterocycles. The Labute approximate surface area is 75.3 Å². The molecule has 2 rings (SSSR count). The number of hydrogen-bond acceptors (Lipinski definition) is 2. The summed E-state index contributed by atoms with van der Waals surface area (Å²) >= 11 is 0. The molecule has 0 spiro atoms. The van der Waals surface area contributed by atoms with E-state index in [1.165, 1.54) is 45.3 Å². The first-order chi connectivity index (χ1) is 5.92. The van der Waals surface area contributed by atoms with Crippen LogP contribution in [-0.2, 0) is 0 Å². The fraction of sp³-hybridized carbons (Fsp3) is 1.00. The van der Waals surface area contributed by atoms with Gasteiger partial charge in [-0.25, -0.2) is 0 Å². The van der Waals surface area contributed by atoms with Gasteiger partial charge in [0.1, 0.15) is 0 Å². The molecule has 0 bridgehead atoms. The molecule has 1 saturated heterocycles. The molecule has 12 heavy (non-hydrogen) atoms. The van der Waals surface area contributed by atoms with Gasteiger partial charge in [0.25, 0.3) is 0 Å². The fourth-order valence-corrected chi connectivity index (χ4v) is 2.34. The molecule has 2 heteroatoms. The lowest BCUT2D eigenvalue weighted by Gasteiger charge is -2.33. The second-order valence-electron chi connectivity index (χ2n) is 4.06. The van der Waals surface area contributed by atoms with Crippen molar-refractivity contribution in [2.75, 3.05) is 19.6 Å². The largest absolute Gasteiger partial charge is 0.315 e. The molecule has 2 aliphatic rings. The maximum absolute atomic E-state index is 3.49. The van der Waals surface area contributed by atoms with E-state index in [9.17, 15) is 0 Å². The van der Waals surface area contributed by atoms with Crippen molar-refractivity contribution in [3.8, 4) is 0 Å². The van der Waals surface area contributed by atoms with Gasteiger partial charge in [-0.05, 0) is 38.8 Å². The van der Waals surface area contributed by atoms with Crippen LogP contribution < -0.4 is 5.32 Å². The third-order valence-electron chi connectivity index (χ3n) is 3.12. The van der Waals surface area contributed by atoms with Crippen LogP contribution in [0.1, 0.15) is 32.6 Å². The van der Waals surface area contributed by atoms with E-state index in [-0.39, 0.29) is 0 Å². The first-order valence-electron chi connectivity index (χ1n) is 5.38. The topological polar surface area (TPSA) is 15.3 Å². The summed E-state index contributed by atoms with van der Waals surface area (Å²) in [4.78, 5) is 2.70. The molecule has 2 fully saturated rings. The molecule has 1 saturated carbocycles. The lowest BCUT2D eigenvalue weighted by Crippen LogP contribution is -2.46. The van der Waals surface area contributed by atoms with Gasteiger partial charge in [-0.2, -0.15) is 0 Å². The lowest BCUT2D eigenvalue weighted by molar-refractivity contribution is 0.165. The Kier molecular flexibility index (Phi) is 2.66. The van der Waals surface area contributed by atoms with Crippen molar-refractivity contribution in [3.63, 3.8) is 0 Å². The summed E-state index contributed by atoms with van der Waals surface area (Å²) in [5.41, 5.74) is 0. The average Bonchev–Trinajstić information content (AvgIpc) is 2.92. The van der Waals surface area contributed by atoms with Gasteiger partial charge in [0, 0.05) is 18.6 Å². The van der Waals surface area contributed by atoms with E-state index in [1.54, 1.807) is 0 Å². The normalized spacial score (nSPS) is 31.0. The predicted octanol–water partition coefficient (Wildman–Crippen LogP) is 1.22. The smallest absolute Gasteiger partial charge is 0.0223 e. The minimum absolute atomic E-state index is 0.844. The Balaban J connectivity index is 1.85. The molecule has 0 aromatic rings. The first-order valence-corrected chi connectivity index (χ1v) is 5.38. The summed E-state index contributed by atoms with van der Waals surface area (Å²) in [6.45, 7) is 6.01. The van der Waals surface area contributed by atoms with Crippen molar-refractivity contribution < 1.29 is 0 Å². The van der Waals surface area contributed by atoms with Gasteiger partial charge in [-0.15, -0.1) is 0 Å². The highest BCUT2D eigenvalue weighted by molar-refractivity contribution is 4.90. The van der Waals surface area contributed by atoms with E-state index in [2.05, 4.69) is 17.1 Å². The molecule has 0 amide bonds. The Morgan fingerprint density at radius 1 is 1.25 bits per heavy atom. The molecule has 70 valence electrons. The molecule has 1 heterocycles. The molecular weight excluding hydrogens is 148 g/mol. The van der Waals surface area contributed by atoms with Crippen LogP contribution in [-0.4, -0.2) is 36.6 Å². The van der Waals surface area contributed by atoms with Crippen molar-refractivity contribution in [1.82, 2.24) is 10.2 Å². The maximum atomic E-state index is 3.49. The molecule has 2 nitrogen and oxygen atoms in total. The van der Waals surface area contributed by atoms with E-state index in [0.717, 1.165) is 12.1 Å². The average molecular weight is 168 g/mol. The fourth-order valence-electron chi connectivity index (χ4n) is 2.34. The van der Waals surface area contributed by atoms with Gasteiger partial charge in [-0.3, -0.25) is 4.90 Å². The highest BCUT2D eigenvalue weighted by Crippen LogP contribution is 2.29. The summed E-state index contributed by atoms with van der Waals surface area (Å²) < 4.78 is 0. The molecule has 1 atom stereocenters. The van der Waals surface area contributed by atoms with E-state index in [0.29, 0.717) is 0 Å². The Bertz CT molecular complexity index is 137. The number of piperidine rings is 1. The summed E-state index contributed by atoms with van der Waals surface area (Å²) in [5, 5.41) is 3.49. The summed E-state index contributed by atoms with van der Waals surface area (Å²) in [5.74, 6) is 0. The Morgan fingerprint density at radius 2 is 2.08 bits per heavy atom. The van der Waals surface area contributed by atoms with Gasteiger partial charge in [0.05, 0.1) is 0 Å². The minimum Gasteiger partial charge on any atom is -0.315 e. The number of nitrogens with zero attached hydrogens (tertiary/aromatic N) is 1. The standard InChI is InChI=1S/C10H20N2/c1-2-12(9-5-6-9)10-4-3-7-11-8-10/h9-11H,2-8H2,1H3. The number of likely N-dealkylation sites (N-methyl/N-ethyl adjacent to an activating group) is 1. The number of nitrogens with one attached hydrogen (secondary N) is 1. The van der Waals surface area contributed by atoms with Gasteiger partial charge >= 0.3 is 0 Å². The van der Waals surface area contributed by atoms with Crippen molar-refractivity contribution in [3.05, 3.63) is 0 Å². The molecule has 0 radical (unpaired) electrons. The van der Waals surface area contributed by atoms with Crippen molar-refractivity contribution in [1.29, 1.82) is 0 Å². The molecule has 1 unspecified atom stereocenters. The van der Waals surface area contributed by atoms with Gasteiger partial charge < -0.3 is 5.32 Å². The highest BCUT2D eigenvalue weighted by atomic mass is 15.2. The quantitative estimate of drug-likeness (QED) is 0.681. The van der Waals surface area contributed by atoms with Gasteiger partial charge in [0.15, 0.2) is 0 Å². The zero-order chi connectivity index (χ0) is 8.39. The van der Waals surface area contributed by atoms with E-state index >= 15 is 0 Å². The van der Waals surface area contributed by atoms with Crippen LogP contribution in [0, 0.1) is 0 Å². The maximum Gasteiger partial charge on any atom is 0.0223 e. The van der Waals surface area contributed by atoms with Gasteiger partial charge in [0.2, 0.25) is 0 Å². The highest BCUT2D eigenvalue weighted by Gasteiger charge is 2.32. The van der Waals surface area contributed by atoms with Crippen molar-refractivity contribution >= 4 is 0 Å².